The highest BCUT2D eigenvalue weighted by atomic mass is 35.5. The van der Waals surface area contributed by atoms with E-state index in [1.165, 1.54) is 6.33 Å². The Morgan fingerprint density at radius 2 is 1.73 bits per heavy atom. The van der Waals surface area contributed by atoms with Gasteiger partial charge in [-0.2, -0.15) is 5.10 Å². The molecule has 0 aliphatic carbocycles. The SMILES string of the molecule is Clc1ccc(CONC(=Cn2cncn2)c2ccc(-c3ccccc3)cc2)c(Cl)c1. The molecule has 0 spiro atoms. The molecule has 0 aliphatic rings. The van der Waals surface area contributed by atoms with Gasteiger partial charge in [-0.05, 0) is 28.8 Å². The van der Waals surface area contributed by atoms with Gasteiger partial charge in [0.05, 0.1) is 11.9 Å². The molecule has 30 heavy (non-hydrogen) atoms. The molecule has 7 heteroatoms. The van der Waals surface area contributed by atoms with Gasteiger partial charge in [0.25, 0.3) is 0 Å². The molecule has 0 aliphatic heterocycles. The molecule has 1 aromatic heterocycles. The summed E-state index contributed by atoms with van der Waals surface area (Å²) in [6.07, 6.45) is 4.88. The molecule has 0 unspecified atom stereocenters. The molecule has 0 radical (unpaired) electrons. The van der Waals surface area contributed by atoms with Crippen molar-refractivity contribution in [2.45, 2.75) is 6.61 Å². The third-order valence-electron chi connectivity index (χ3n) is 4.43. The van der Waals surface area contributed by atoms with Gasteiger partial charge in [0.2, 0.25) is 0 Å². The molecule has 1 heterocycles. The van der Waals surface area contributed by atoms with Crippen LogP contribution in [0.3, 0.4) is 0 Å². The van der Waals surface area contributed by atoms with E-state index in [2.05, 4.69) is 39.8 Å². The van der Waals surface area contributed by atoms with Gasteiger partial charge in [0.1, 0.15) is 19.3 Å². The van der Waals surface area contributed by atoms with Crippen molar-refractivity contribution < 1.29 is 4.84 Å². The van der Waals surface area contributed by atoms with E-state index in [1.807, 2.05) is 36.4 Å². The van der Waals surface area contributed by atoms with E-state index in [-0.39, 0.29) is 6.61 Å². The summed E-state index contributed by atoms with van der Waals surface area (Å²) in [5.74, 6) is 0. The Balaban J connectivity index is 1.53. The lowest BCUT2D eigenvalue weighted by Gasteiger charge is -2.13. The van der Waals surface area contributed by atoms with Gasteiger partial charge in [0, 0.05) is 15.6 Å². The molecule has 1 N–H and O–H groups in total. The smallest absolute Gasteiger partial charge is 0.138 e. The van der Waals surface area contributed by atoms with E-state index in [0.29, 0.717) is 10.0 Å². The maximum absolute atomic E-state index is 6.22. The van der Waals surface area contributed by atoms with E-state index >= 15 is 0 Å². The summed E-state index contributed by atoms with van der Waals surface area (Å²) in [5, 5.41) is 5.27. The third kappa shape index (κ3) is 5.07. The third-order valence-corrected chi connectivity index (χ3v) is 5.01. The second-order valence-corrected chi connectivity index (χ2v) is 7.33. The molecule has 4 rings (SSSR count). The predicted octanol–water partition coefficient (Wildman–Crippen LogP) is 5.93. The van der Waals surface area contributed by atoms with Crippen molar-refractivity contribution in [1.82, 2.24) is 20.2 Å². The van der Waals surface area contributed by atoms with Gasteiger partial charge in [-0.1, -0.05) is 83.9 Å². The second kappa shape index (κ2) is 9.59. The Morgan fingerprint density at radius 1 is 0.967 bits per heavy atom. The number of nitrogens with one attached hydrogen (secondary N) is 1. The van der Waals surface area contributed by atoms with Crippen LogP contribution in [0.4, 0.5) is 0 Å². The van der Waals surface area contributed by atoms with Gasteiger partial charge in [-0.25, -0.2) is 9.67 Å². The van der Waals surface area contributed by atoms with E-state index in [1.54, 1.807) is 29.3 Å². The molecular formula is C23H18Cl2N4O. The van der Waals surface area contributed by atoms with Crippen molar-refractivity contribution in [2.24, 2.45) is 0 Å². The molecule has 150 valence electrons. The van der Waals surface area contributed by atoms with Crippen molar-refractivity contribution in [2.75, 3.05) is 0 Å². The lowest BCUT2D eigenvalue weighted by molar-refractivity contribution is 0.0649. The number of rotatable bonds is 7. The molecular weight excluding hydrogens is 419 g/mol. The molecule has 5 nitrogen and oxygen atoms in total. The van der Waals surface area contributed by atoms with Crippen LogP contribution in [0.25, 0.3) is 23.0 Å². The summed E-state index contributed by atoms with van der Waals surface area (Å²) in [4.78, 5) is 9.69. The quantitative estimate of drug-likeness (QED) is 0.364. The maximum atomic E-state index is 6.22. The van der Waals surface area contributed by atoms with Crippen LogP contribution in [0.2, 0.25) is 10.0 Å². The number of hydrogen-bond acceptors (Lipinski definition) is 4. The number of halogens is 2. The molecule has 4 aromatic rings. The van der Waals surface area contributed by atoms with Gasteiger partial charge in [-0.15, -0.1) is 0 Å². The van der Waals surface area contributed by atoms with Crippen LogP contribution in [0.1, 0.15) is 11.1 Å². The molecule has 0 saturated carbocycles. The average Bonchev–Trinajstić information content (AvgIpc) is 3.28. The summed E-state index contributed by atoms with van der Waals surface area (Å²) in [5.41, 5.74) is 7.79. The van der Waals surface area contributed by atoms with Crippen LogP contribution in [0.5, 0.6) is 0 Å². The van der Waals surface area contributed by atoms with Gasteiger partial charge >= 0.3 is 0 Å². The summed E-state index contributed by atoms with van der Waals surface area (Å²) in [7, 11) is 0. The van der Waals surface area contributed by atoms with Crippen LogP contribution in [-0.4, -0.2) is 14.8 Å². The number of hydroxylamine groups is 1. The van der Waals surface area contributed by atoms with E-state index in [0.717, 1.165) is 28.0 Å². The number of benzene rings is 3. The molecule has 3 aromatic carbocycles. The molecule has 0 atom stereocenters. The van der Waals surface area contributed by atoms with Crippen molar-refractivity contribution in [3.63, 3.8) is 0 Å². The minimum atomic E-state index is 0.271. The van der Waals surface area contributed by atoms with Gasteiger partial charge in [-0.3, -0.25) is 10.3 Å². The van der Waals surface area contributed by atoms with Crippen LogP contribution < -0.4 is 5.48 Å². The van der Waals surface area contributed by atoms with Crippen molar-refractivity contribution in [1.29, 1.82) is 0 Å². The molecule has 0 fully saturated rings. The molecule has 0 saturated heterocycles. The highest BCUT2D eigenvalue weighted by Crippen LogP contribution is 2.23. The fourth-order valence-corrected chi connectivity index (χ4v) is 3.34. The topological polar surface area (TPSA) is 52.0 Å². The van der Waals surface area contributed by atoms with E-state index < -0.39 is 0 Å². The number of hydrogen-bond donors (Lipinski definition) is 1. The Hall–Kier alpha value is -3.12. The van der Waals surface area contributed by atoms with E-state index in [9.17, 15) is 0 Å². The van der Waals surface area contributed by atoms with Gasteiger partial charge < -0.3 is 0 Å². The maximum Gasteiger partial charge on any atom is 0.138 e. The van der Waals surface area contributed by atoms with Crippen LogP contribution in [-0.2, 0) is 11.4 Å². The Morgan fingerprint density at radius 3 is 2.43 bits per heavy atom. The average molecular weight is 437 g/mol. The Bertz CT molecular complexity index is 1130. The first-order valence-electron chi connectivity index (χ1n) is 9.22. The fraction of sp³-hybridized carbons (Fsp3) is 0.0435. The van der Waals surface area contributed by atoms with Crippen LogP contribution >= 0.6 is 23.2 Å². The predicted molar refractivity (Wildman–Crippen MR) is 120 cm³/mol. The van der Waals surface area contributed by atoms with Crippen LogP contribution in [0.15, 0.2) is 85.5 Å². The summed E-state index contributed by atoms with van der Waals surface area (Å²) in [6, 6.07) is 23.7. The standard InChI is InChI=1S/C23H18Cl2N4O/c24-21-11-10-20(22(25)12-21)14-30-28-23(13-29-16-26-15-27-29)19-8-6-18(7-9-19)17-4-2-1-3-5-17/h1-13,15-16,28H,14H2. The van der Waals surface area contributed by atoms with Crippen molar-refractivity contribution in [3.8, 4) is 11.1 Å². The second-order valence-electron chi connectivity index (χ2n) is 6.49. The monoisotopic (exact) mass is 436 g/mol. The highest BCUT2D eigenvalue weighted by molar-refractivity contribution is 6.35. The summed E-state index contributed by atoms with van der Waals surface area (Å²) < 4.78 is 1.60. The normalized spacial score (nSPS) is 11.5. The zero-order valence-electron chi connectivity index (χ0n) is 15.9. The van der Waals surface area contributed by atoms with E-state index in [4.69, 9.17) is 28.0 Å². The summed E-state index contributed by atoms with van der Waals surface area (Å²) >= 11 is 12.2. The molecule has 0 amide bonds. The zero-order valence-corrected chi connectivity index (χ0v) is 17.4. The number of aromatic nitrogens is 3. The largest absolute Gasteiger partial charge is 0.271 e. The Kier molecular flexibility index (Phi) is 6.44. The Labute approximate surface area is 184 Å². The highest BCUT2D eigenvalue weighted by Gasteiger charge is 2.06. The first kappa shape index (κ1) is 20.2. The fourth-order valence-electron chi connectivity index (χ4n) is 2.88. The summed E-state index contributed by atoms with van der Waals surface area (Å²) in [6.45, 7) is 0.271. The lowest BCUT2D eigenvalue weighted by Crippen LogP contribution is -2.14. The first-order chi connectivity index (χ1) is 14.7. The van der Waals surface area contributed by atoms with Gasteiger partial charge in [0.15, 0.2) is 0 Å². The molecule has 0 bridgehead atoms. The van der Waals surface area contributed by atoms with Crippen molar-refractivity contribution >= 4 is 35.1 Å². The zero-order chi connectivity index (χ0) is 20.8. The minimum absolute atomic E-state index is 0.271. The van der Waals surface area contributed by atoms with Crippen LogP contribution in [0, 0.1) is 0 Å². The van der Waals surface area contributed by atoms with Crippen molar-refractivity contribution in [3.05, 3.63) is 107 Å². The minimum Gasteiger partial charge on any atom is -0.271 e. The lowest BCUT2D eigenvalue weighted by atomic mass is 10.0. The number of nitrogens with zero attached hydrogens (tertiary/aromatic N) is 3. The first-order valence-corrected chi connectivity index (χ1v) is 9.98.